The van der Waals surface area contributed by atoms with Gasteiger partial charge in [0.05, 0.1) is 18.8 Å². The minimum absolute atomic E-state index is 0.119. The van der Waals surface area contributed by atoms with Crippen molar-refractivity contribution in [3.05, 3.63) is 47.0 Å². The Kier molecular flexibility index (Phi) is 6.71. The van der Waals surface area contributed by atoms with Gasteiger partial charge in [-0.3, -0.25) is 4.79 Å². The molecule has 0 heterocycles. The first-order valence-electron chi connectivity index (χ1n) is 6.42. The molecule has 3 N–H and O–H groups in total. The molecule has 1 amide bonds. The molecule has 1 aromatic carbocycles. The van der Waals surface area contributed by atoms with Gasteiger partial charge in [-0.1, -0.05) is 29.8 Å². The molecule has 0 aromatic heterocycles. The summed E-state index contributed by atoms with van der Waals surface area (Å²) in [6.45, 7) is 4.91. The van der Waals surface area contributed by atoms with Crippen molar-refractivity contribution in [3.8, 4) is 0 Å². The zero-order valence-electron chi connectivity index (χ0n) is 11.9. The maximum absolute atomic E-state index is 12.1. The van der Waals surface area contributed by atoms with Gasteiger partial charge in [-0.15, -0.1) is 0 Å². The Balaban J connectivity index is 2.47. The van der Waals surface area contributed by atoms with Crippen LogP contribution in [0.1, 0.15) is 24.2 Å². The monoisotopic (exact) mass is 296 g/mol. The van der Waals surface area contributed by atoms with E-state index in [0.29, 0.717) is 25.3 Å². The Bertz CT molecular complexity index is 458. The highest BCUT2D eigenvalue weighted by molar-refractivity contribution is 6.25. The lowest BCUT2D eigenvalue weighted by atomic mass is 10.1. The van der Waals surface area contributed by atoms with Gasteiger partial charge in [-0.2, -0.15) is 0 Å². The number of rotatable bonds is 7. The van der Waals surface area contributed by atoms with Gasteiger partial charge in [0.2, 0.25) is 0 Å². The summed E-state index contributed by atoms with van der Waals surface area (Å²) in [5.74, 6) is -0.119. The molecule has 0 fully saturated rings. The van der Waals surface area contributed by atoms with Crippen LogP contribution in [0.15, 0.2) is 41.4 Å². The lowest BCUT2D eigenvalue weighted by Gasteiger charge is -2.26. The van der Waals surface area contributed by atoms with E-state index in [1.807, 2.05) is 32.0 Å². The molecule has 0 aliphatic carbocycles. The molecule has 0 radical (unpaired) electrons. The smallest absolute Gasteiger partial charge is 0.251 e. The molecular formula is C15H21ClN2O2. The number of ether oxygens (including phenoxy) is 1. The van der Waals surface area contributed by atoms with Gasteiger partial charge >= 0.3 is 0 Å². The molecule has 0 aliphatic rings. The van der Waals surface area contributed by atoms with Crippen LogP contribution in [-0.2, 0) is 4.74 Å². The molecule has 110 valence electrons. The first kappa shape index (κ1) is 16.7. The SMILES string of the molecule is CC(C)(COC/C(=C\Cl)CN)NC(=O)c1ccccc1. The van der Waals surface area contributed by atoms with Crippen LogP contribution in [0.25, 0.3) is 0 Å². The number of amides is 1. The maximum atomic E-state index is 12.1. The van der Waals surface area contributed by atoms with Crippen LogP contribution in [0.4, 0.5) is 0 Å². The zero-order valence-corrected chi connectivity index (χ0v) is 12.6. The van der Waals surface area contributed by atoms with Crippen LogP contribution in [0.2, 0.25) is 0 Å². The summed E-state index contributed by atoms with van der Waals surface area (Å²) in [7, 11) is 0. The van der Waals surface area contributed by atoms with E-state index in [4.69, 9.17) is 22.1 Å². The molecule has 0 aliphatic heterocycles. The third-order valence-electron chi connectivity index (χ3n) is 2.65. The molecule has 0 bridgehead atoms. The van der Waals surface area contributed by atoms with E-state index < -0.39 is 5.54 Å². The van der Waals surface area contributed by atoms with E-state index in [2.05, 4.69) is 5.32 Å². The highest BCUT2D eigenvalue weighted by atomic mass is 35.5. The van der Waals surface area contributed by atoms with Crippen molar-refractivity contribution in [2.75, 3.05) is 19.8 Å². The number of hydrogen-bond acceptors (Lipinski definition) is 3. The minimum atomic E-state index is -0.473. The van der Waals surface area contributed by atoms with E-state index in [-0.39, 0.29) is 5.91 Å². The summed E-state index contributed by atoms with van der Waals surface area (Å²) in [4.78, 5) is 12.1. The van der Waals surface area contributed by atoms with Gasteiger partial charge in [0, 0.05) is 17.6 Å². The maximum Gasteiger partial charge on any atom is 0.251 e. The molecule has 0 spiro atoms. The highest BCUT2D eigenvalue weighted by Crippen LogP contribution is 2.07. The van der Waals surface area contributed by atoms with Crippen LogP contribution in [-0.4, -0.2) is 31.2 Å². The predicted octanol–water partition coefficient (Wildman–Crippen LogP) is 2.29. The predicted molar refractivity (Wildman–Crippen MR) is 81.8 cm³/mol. The van der Waals surface area contributed by atoms with Gasteiger partial charge in [0.15, 0.2) is 0 Å². The second-order valence-electron chi connectivity index (χ2n) is 5.17. The lowest BCUT2D eigenvalue weighted by molar-refractivity contribution is 0.0748. The Morgan fingerprint density at radius 2 is 2.05 bits per heavy atom. The van der Waals surface area contributed by atoms with Crippen molar-refractivity contribution in [3.63, 3.8) is 0 Å². The molecule has 5 heteroatoms. The number of nitrogens with one attached hydrogen (secondary N) is 1. The topological polar surface area (TPSA) is 64.3 Å². The lowest BCUT2D eigenvalue weighted by Crippen LogP contribution is -2.47. The fourth-order valence-electron chi connectivity index (χ4n) is 1.58. The number of carbonyl (C=O) groups excluding carboxylic acids is 1. The highest BCUT2D eigenvalue weighted by Gasteiger charge is 2.21. The van der Waals surface area contributed by atoms with Crippen LogP contribution in [0, 0.1) is 0 Å². The van der Waals surface area contributed by atoms with E-state index in [1.54, 1.807) is 12.1 Å². The number of halogens is 1. The third-order valence-corrected chi connectivity index (χ3v) is 2.96. The summed E-state index contributed by atoms with van der Waals surface area (Å²) in [5, 5.41) is 2.93. The van der Waals surface area contributed by atoms with Crippen molar-refractivity contribution < 1.29 is 9.53 Å². The normalized spacial score (nSPS) is 12.3. The molecule has 0 unspecified atom stereocenters. The number of benzene rings is 1. The minimum Gasteiger partial charge on any atom is -0.375 e. The van der Waals surface area contributed by atoms with E-state index in [0.717, 1.165) is 5.57 Å². The third kappa shape index (κ3) is 5.74. The fourth-order valence-corrected chi connectivity index (χ4v) is 1.73. The Hall–Kier alpha value is -1.36. The number of hydrogen-bond donors (Lipinski definition) is 2. The summed E-state index contributed by atoms with van der Waals surface area (Å²) in [5.41, 5.74) is 7.89. The standard InChI is InChI=1S/C15H21ClN2O2/c1-15(2,11-20-10-12(8-16)9-17)18-14(19)13-6-4-3-5-7-13/h3-8H,9-11,17H2,1-2H3,(H,18,19)/b12-8-. The molecule has 0 saturated carbocycles. The van der Waals surface area contributed by atoms with Crippen LogP contribution in [0.5, 0.6) is 0 Å². The first-order valence-corrected chi connectivity index (χ1v) is 6.85. The first-order chi connectivity index (χ1) is 9.48. The summed E-state index contributed by atoms with van der Waals surface area (Å²) < 4.78 is 5.53. The van der Waals surface area contributed by atoms with Crippen molar-refractivity contribution in [2.24, 2.45) is 5.73 Å². The average Bonchev–Trinajstić information content (AvgIpc) is 2.44. The second kappa shape index (κ2) is 8.04. The molecule has 20 heavy (non-hydrogen) atoms. The van der Waals surface area contributed by atoms with Gasteiger partial charge in [-0.05, 0) is 31.6 Å². The average molecular weight is 297 g/mol. The molecule has 0 atom stereocenters. The van der Waals surface area contributed by atoms with Crippen LogP contribution < -0.4 is 11.1 Å². The van der Waals surface area contributed by atoms with Crippen LogP contribution in [0.3, 0.4) is 0 Å². The molecule has 0 saturated heterocycles. The fraction of sp³-hybridized carbons (Fsp3) is 0.400. The quantitative estimate of drug-likeness (QED) is 0.811. The number of nitrogens with two attached hydrogens (primary N) is 1. The van der Waals surface area contributed by atoms with Gasteiger partial charge in [0.25, 0.3) is 5.91 Å². The van der Waals surface area contributed by atoms with E-state index in [1.165, 1.54) is 5.54 Å². The molecule has 1 aromatic rings. The largest absolute Gasteiger partial charge is 0.375 e. The van der Waals surface area contributed by atoms with Crippen molar-refractivity contribution >= 4 is 17.5 Å². The Morgan fingerprint density at radius 3 is 2.60 bits per heavy atom. The van der Waals surface area contributed by atoms with Crippen molar-refractivity contribution in [2.45, 2.75) is 19.4 Å². The van der Waals surface area contributed by atoms with Crippen LogP contribution >= 0.6 is 11.6 Å². The van der Waals surface area contributed by atoms with Crippen molar-refractivity contribution in [1.82, 2.24) is 5.32 Å². The summed E-state index contributed by atoms with van der Waals surface area (Å²) >= 11 is 5.59. The van der Waals surface area contributed by atoms with Gasteiger partial charge in [0.1, 0.15) is 0 Å². The van der Waals surface area contributed by atoms with Gasteiger partial charge < -0.3 is 15.8 Å². The molecule has 4 nitrogen and oxygen atoms in total. The van der Waals surface area contributed by atoms with Gasteiger partial charge in [-0.25, -0.2) is 0 Å². The molecule has 1 rings (SSSR count). The summed E-state index contributed by atoms with van der Waals surface area (Å²) in [6.07, 6.45) is 0. The number of carbonyl (C=O) groups is 1. The zero-order chi connectivity index (χ0) is 15.0. The van der Waals surface area contributed by atoms with Crippen molar-refractivity contribution in [1.29, 1.82) is 0 Å². The second-order valence-corrected chi connectivity index (χ2v) is 5.39. The Morgan fingerprint density at radius 1 is 1.40 bits per heavy atom. The summed E-state index contributed by atoms with van der Waals surface area (Å²) in [6, 6.07) is 9.08. The van der Waals surface area contributed by atoms with E-state index >= 15 is 0 Å². The van der Waals surface area contributed by atoms with E-state index in [9.17, 15) is 4.79 Å². The molecular weight excluding hydrogens is 276 g/mol. The Labute approximate surface area is 124 Å².